The average Bonchev–Trinajstić information content (AvgIpc) is 2.99. The number of aromatic amines is 1. The lowest BCUT2D eigenvalue weighted by Crippen LogP contribution is -2.34. The molecule has 7 nitrogen and oxygen atoms in total. The Morgan fingerprint density at radius 1 is 1.45 bits per heavy atom. The van der Waals surface area contributed by atoms with Crippen LogP contribution < -0.4 is 10.1 Å². The molecule has 1 atom stereocenters. The van der Waals surface area contributed by atoms with Crippen LogP contribution in [0.3, 0.4) is 0 Å². The van der Waals surface area contributed by atoms with E-state index < -0.39 is 24.4 Å². The van der Waals surface area contributed by atoms with Crippen molar-refractivity contribution in [1.29, 1.82) is 0 Å². The number of hydrogen-bond acceptors (Lipinski definition) is 5. The van der Waals surface area contributed by atoms with E-state index >= 15 is 0 Å². The van der Waals surface area contributed by atoms with Crippen LogP contribution in [-0.2, 0) is 6.61 Å². The van der Waals surface area contributed by atoms with Crippen LogP contribution in [0.5, 0.6) is 5.75 Å². The molecule has 1 aromatic heterocycles. The number of ether oxygens (including phenoxy) is 1. The van der Waals surface area contributed by atoms with Crippen molar-refractivity contribution in [1.82, 2.24) is 15.5 Å². The Bertz CT molecular complexity index is 632. The molecular weight excluding hydrogens is 293 g/mol. The van der Waals surface area contributed by atoms with Crippen molar-refractivity contribution in [2.75, 3.05) is 13.2 Å². The Hall–Kier alpha value is -2.45. The molecule has 0 unspecified atom stereocenters. The topological polar surface area (TPSA) is 107 Å². The van der Waals surface area contributed by atoms with Crippen molar-refractivity contribution < 1.29 is 24.1 Å². The highest BCUT2D eigenvalue weighted by molar-refractivity contribution is 5.92. The zero-order valence-electron chi connectivity index (χ0n) is 11.6. The van der Waals surface area contributed by atoms with E-state index in [0.717, 1.165) is 0 Å². The molecule has 4 N–H and O–H groups in total. The summed E-state index contributed by atoms with van der Waals surface area (Å²) in [4.78, 5) is 11.7. The monoisotopic (exact) mass is 309 g/mol. The van der Waals surface area contributed by atoms with Crippen LogP contribution in [0, 0.1) is 5.82 Å². The number of amides is 1. The van der Waals surface area contributed by atoms with Gasteiger partial charge < -0.3 is 20.3 Å². The molecule has 1 aromatic carbocycles. The number of nitrogens with zero attached hydrogens (tertiary/aromatic N) is 1. The van der Waals surface area contributed by atoms with Gasteiger partial charge in [0.1, 0.15) is 23.9 Å². The molecule has 0 saturated heterocycles. The molecule has 1 amide bonds. The zero-order valence-corrected chi connectivity index (χ0v) is 11.6. The second-order valence-electron chi connectivity index (χ2n) is 4.57. The van der Waals surface area contributed by atoms with Gasteiger partial charge in [-0.25, -0.2) is 4.39 Å². The van der Waals surface area contributed by atoms with Crippen LogP contribution in [0.1, 0.15) is 16.2 Å². The van der Waals surface area contributed by atoms with E-state index in [1.165, 1.54) is 24.3 Å². The number of aliphatic hydroxyl groups excluding tert-OH is 2. The average molecular weight is 309 g/mol. The number of aromatic nitrogens is 2. The first-order valence-electron chi connectivity index (χ1n) is 6.58. The lowest BCUT2D eigenvalue weighted by atomic mass is 10.3. The number of benzene rings is 1. The van der Waals surface area contributed by atoms with E-state index in [1.807, 2.05) is 0 Å². The van der Waals surface area contributed by atoms with Crippen LogP contribution >= 0.6 is 0 Å². The summed E-state index contributed by atoms with van der Waals surface area (Å²) in [7, 11) is 0. The fourth-order valence-electron chi connectivity index (χ4n) is 1.64. The Balaban J connectivity index is 1.87. The Morgan fingerprint density at radius 3 is 3.00 bits per heavy atom. The second kappa shape index (κ2) is 7.53. The molecule has 0 aliphatic rings. The van der Waals surface area contributed by atoms with Crippen molar-refractivity contribution in [3.05, 3.63) is 47.5 Å². The molecule has 8 heteroatoms. The number of carbonyl (C=O) groups excluding carboxylic acids is 1. The van der Waals surface area contributed by atoms with Crippen LogP contribution in [-0.4, -0.2) is 45.6 Å². The van der Waals surface area contributed by atoms with Gasteiger partial charge >= 0.3 is 0 Å². The maximum absolute atomic E-state index is 13.0. The molecule has 0 bridgehead atoms. The van der Waals surface area contributed by atoms with Crippen molar-refractivity contribution in [2.45, 2.75) is 12.7 Å². The summed E-state index contributed by atoms with van der Waals surface area (Å²) in [6, 6.07) is 7.19. The van der Waals surface area contributed by atoms with Crippen molar-refractivity contribution in [3.8, 4) is 5.75 Å². The summed E-state index contributed by atoms with van der Waals surface area (Å²) >= 11 is 0. The summed E-state index contributed by atoms with van der Waals surface area (Å²) in [6.45, 7) is -0.409. The van der Waals surface area contributed by atoms with Gasteiger partial charge in [0.2, 0.25) is 0 Å². The maximum Gasteiger partial charge on any atom is 0.271 e. The van der Waals surface area contributed by atoms with Gasteiger partial charge in [-0.2, -0.15) is 5.10 Å². The molecule has 118 valence electrons. The van der Waals surface area contributed by atoms with Crippen LogP contribution in [0.2, 0.25) is 0 Å². The molecule has 0 aliphatic heterocycles. The highest BCUT2D eigenvalue weighted by atomic mass is 19.1. The normalized spacial score (nSPS) is 12.0. The van der Waals surface area contributed by atoms with Crippen molar-refractivity contribution in [3.63, 3.8) is 0 Å². The van der Waals surface area contributed by atoms with E-state index in [0.29, 0.717) is 11.4 Å². The third-order valence-corrected chi connectivity index (χ3v) is 2.76. The molecule has 0 spiro atoms. The second-order valence-corrected chi connectivity index (χ2v) is 4.57. The SMILES string of the molecule is O=C(NC[C@@H](O)CO)c1cc(COc2cccc(F)c2)[nH]n1. The summed E-state index contributed by atoms with van der Waals surface area (Å²) in [5, 5.41) is 26.7. The first kappa shape index (κ1) is 15.9. The van der Waals surface area contributed by atoms with E-state index in [1.54, 1.807) is 6.07 Å². The third-order valence-electron chi connectivity index (χ3n) is 2.76. The largest absolute Gasteiger partial charge is 0.487 e. The molecule has 0 fully saturated rings. The van der Waals surface area contributed by atoms with Gasteiger partial charge in [-0.1, -0.05) is 6.07 Å². The minimum Gasteiger partial charge on any atom is -0.487 e. The quantitative estimate of drug-likeness (QED) is 0.585. The molecule has 22 heavy (non-hydrogen) atoms. The molecule has 1 heterocycles. The van der Waals surface area contributed by atoms with E-state index in [-0.39, 0.29) is 18.8 Å². The number of H-pyrrole nitrogens is 1. The number of halogens is 1. The number of carbonyl (C=O) groups is 1. The molecule has 2 rings (SSSR count). The minimum atomic E-state index is -1.02. The first-order chi connectivity index (χ1) is 10.6. The van der Waals surface area contributed by atoms with E-state index in [4.69, 9.17) is 14.9 Å². The highest BCUT2D eigenvalue weighted by Crippen LogP contribution is 2.13. The molecular formula is C14H16FN3O4. The Kier molecular flexibility index (Phi) is 5.45. The van der Waals surface area contributed by atoms with Crippen LogP contribution in [0.25, 0.3) is 0 Å². The predicted molar refractivity (Wildman–Crippen MR) is 74.7 cm³/mol. The van der Waals surface area contributed by atoms with Gasteiger partial charge in [0.15, 0.2) is 0 Å². The number of nitrogens with one attached hydrogen (secondary N) is 2. The molecule has 0 aliphatic carbocycles. The summed E-state index contributed by atoms with van der Waals surface area (Å²) in [5.41, 5.74) is 0.667. The number of aliphatic hydroxyl groups is 2. The third kappa shape index (κ3) is 4.54. The Morgan fingerprint density at radius 2 is 2.27 bits per heavy atom. The van der Waals surface area contributed by atoms with E-state index in [9.17, 15) is 9.18 Å². The van der Waals surface area contributed by atoms with Gasteiger partial charge in [0.05, 0.1) is 18.4 Å². The van der Waals surface area contributed by atoms with Crippen LogP contribution in [0.15, 0.2) is 30.3 Å². The van der Waals surface area contributed by atoms with Gasteiger partial charge in [-0.3, -0.25) is 9.89 Å². The fraction of sp³-hybridized carbons (Fsp3) is 0.286. The summed E-state index contributed by atoms with van der Waals surface area (Å²) in [6.07, 6.45) is -1.02. The standard InChI is InChI=1S/C14H16FN3O4/c15-9-2-1-3-12(4-9)22-8-10-5-13(18-17-10)14(21)16-6-11(20)7-19/h1-5,11,19-20H,6-8H2,(H,16,21)(H,17,18)/t11-/m1/s1. The number of hydrogen-bond donors (Lipinski definition) is 4. The molecule has 0 radical (unpaired) electrons. The summed E-state index contributed by atoms with van der Waals surface area (Å²) < 4.78 is 18.4. The molecule has 2 aromatic rings. The smallest absolute Gasteiger partial charge is 0.271 e. The molecule has 0 saturated carbocycles. The van der Waals surface area contributed by atoms with Gasteiger partial charge in [-0.05, 0) is 18.2 Å². The first-order valence-corrected chi connectivity index (χ1v) is 6.58. The highest BCUT2D eigenvalue weighted by Gasteiger charge is 2.12. The maximum atomic E-state index is 13.0. The zero-order chi connectivity index (χ0) is 15.9. The number of rotatable bonds is 7. The van der Waals surface area contributed by atoms with Gasteiger partial charge in [0, 0.05) is 12.6 Å². The predicted octanol–water partition coefficient (Wildman–Crippen LogP) is 0.211. The summed E-state index contributed by atoms with van der Waals surface area (Å²) in [5.74, 6) is -0.517. The lowest BCUT2D eigenvalue weighted by Gasteiger charge is -2.07. The lowest BCUT2D eigenvalue weighted by molar-refractivity contribution is 0.0798. The van der Waals surface area contributed by atoms with Gasteiger partial charge in [0.25, 0.3) is 5.91 Å². The van der Waals surface area contributed by atoms with Crippen molar-refractivity contribution in [2.24, 2.45) is 0 Å². The van der Waals surface area contributed by atoms with Gasteiger partial charge in [-0.15, -0.1) is 0 Å². The van der Waals surface area contributed by atoms with Crippen LogP contribution in [0.4, 0.5) is 4.39 Å². The Labute approximate surface area is 125 Å². The van der Waals surface area contributed by atoms with Crippen molar-refractivity contribution >= 4 is 5.91 Å². The van der Waals surface area contributed by atoms with E-state index in [2.05, 4.69) is 15.5 Å². The fourth-order valence-corrected chi connectivity index (χ4v) is 1.64. The minimum absolute atomic E-state index is 0.0721.